The van der Waals surface area contributed by atoms with Crippen molar-refractivity contribution in [1.82, 2.24) is 15.1 Å². The minimum atomic E-state index is -0.0759. The van der Waals surface area contributed by atoms with Gasteiger partial charge in [-0.2, -0.15) is 5.10 Å². The van der Waals surface area contributed by atoms with Crippen molar-refractivity contribution in [3.8, 4) is 5.69 Å². The molecule has 0 fully saturated rings. The second-order valence-corrected chi connectivity index (χ2v) is 7.35. The first-order valence-corrected chi connectivity index (χ1v) is 9.49. The molecule has 2 aromatic carbocycles. The Labute approximate surface area is 162 Å². The lowest BCUT2D eigenvalue weighted by molar-refractivity contribution is 0.0938. The number of carbonyl (C=O) groups excluding carboxylic acids is 1. The van der Waals surface area contributed by atoms with E-state index in [-0.39, 0.29) is 11.9 Å². The lowest BCUT2D eigenvalue weighted by atomic mass is 10.1. The van der Waals surface area contributed by atoms with E-state index in [2.05, 4.69) is 38.5 Å². The van der Waals surface area contributed by atoms with Gasteiger partial charge in [0.2, 0.25) is 0 Å². The fourth-order valence-corrected chi connectivity index (χ4v) is 3.13. The van der Waals surface area contributed by atoms with E-state index in [0.717, 1.165) is 28.7 Å². The maximum atomic E-state index is 12.6. The number of hydrogen-bond donors (Lipinski definition) is 1. The van der Waals surface area contributed by atoms with Crippen LogP contribution in [0.25, 0.3) is 5.69 Å². The molecule has 134 valence electrons. The van der Waals surface area contributed by atoms with Gasteiger partial charge in [0.05, 0.1) is 23.1 Å². The molecule has 0 bridgehead atoms. The molecule has 1 unspecified atom stereocenters. The van der Waals surface area contributed by atoms with Crippen molar-refractivity contribution in [2.75, 3.05) is 0 Å². The first kappa shape index (κ1) is 18.4. The molecule has 3 rings (SSSR count). The zero-order chi connectivity index (χ0) is 18.5. The molecule has 0 aliphatic heterocycles. The summed E-state index contributed by atoms with van der Waals surface area (Å²) in [5, 5.41) is 7.45. The number of rotatable bonds is 6. The third kappa shape index (κ3) is 4.41. The zero-order valence-electron chi connectivity index (χ0n) is 14.9. The van der Waals surface area contributed by atoms with Gasteiger partial charge in [-0.15, -0.1) is 0 Å². The van der Waals surface area contributed by atoms with Crippen molar-refractivity contribution in [3.05, 3.63) is 82.1 Å². The van der Waals surface area contributed by atoms with Crippen LogP contribution in [0.4, 0.5) is 0 Å². The maximum Gasteiger partial charge on any atom is 0.254 e. The van der Waals surface area contributed by atoms with Gasteiger partial charge in [-0.1, -0.05) is 46.3 Å². The molecule has 0 spiro atoms. The van der Waals surface area contributed by atoms with Gasteiger partial charge in [-0.3, -0.25) is 4.79 Å². The van der Waals surface area contributed by atoms with E-state index in [1.807, 2.05) is 56.3 Å². The fraction of sp³-hybridized carbons (Fsp3) is 0.238. The van der Waals surface area contributed by atoms with Crippen molar-refractivity contribution < 1.29 is 4.79 Å². The molecule has 0 aliphatic rings. The summed E-state index contributed by atoms with van der Waals surface area (Å²) in [4.78, 5) is 12.6. The van der Waals surface area contributed by atoms with E-state index < -0.39 is 0 Å². The molecule has 1 aromatic heterocycles. The summed E-state index contributed by atoms with van der Waals surface area (Å²) >= 11 is 3.44. The number of aromatic nitrogens is 2. The highest BCUT2D eigenvalue weighted by Gasteiger charge is 2.16. The molecule has 5 heteroatoms. The molecule has 1 amide bonds. The molecule has 3 aromatic rings. The normalized spacial score (nSPS) is 12.0. The minimum Gasteiger partial charge on any atom is -0.349 e. The summed E-state index contributed by atoms with van der Waals surface area (Å²) in [6, 6.07) is 18.2. The number of amides is 1. The second kappa shape index (κ2) is 8.32. The van der Waals surface area contributed by atoms with Gasteiger partial charge in [0.1, 0.15) is 0 Å². The monoisotopic (exact) mass is 411 g/mol. The van der Waals surface area contributed by atoms with E-state index in [0.29, 0.717) is 5.56 Å². The number of nitrogens with zero attached hydrogens (tertiary/aromatic N) is 2. The predicted molar refractivity (Wildman–Crippen MR) is 108 cm³/mol. The molecule has 1 heterocycles. The fourth-order valence-electron chi connectivity index (χ4n) is 2.87. The van der Waals surface area contributed by atoms with Crippen LogP contribution in [0.1, 0.15) is 35.0 Å². The molecular weight excluding hydrogens is 390 g/mol. The molecule has 0 saturated heterocycles. The van der Waals surface area contributed by atoms with Crippen LogP contribution >= 0.6 is 15.9 Å². The van der Waals surface area contributed by atoms with E-state index in [4.69, 9.17) is 0 Å². The average Bonchev–Trinajstić information content (AvgIpc) is 3.03. The average molecular weight is 412 g/mol. The number of carbonyl (C=O) groups is 1. The van der Waals surface area contributed by atoms with Crippen molar-refractivity contribution in [3.63, 3.8) is 0 Å². The third-order valence-corrected chi connectivity index (χ3v) is 4.94. The van der Waals surface area contributed by atoms with Gasteiger partial charge in [0.15, 0.2) is 0 Å². The van der Waals surface area contributed by atoms with Gasteiger partial charge < -0.3 is 5.32 Å². The number of aryl methyl sites for hydroxylation is 1. The Balaban J connectivity index is 1.61. The minimum absolute atomic E-state index is 0.0759. The quantitative estimate of drug-likeness (QED) is 0.638. The lowest BCUT2D eigenvalue weighted by Gasteiger charge is -2.14. The molecule has 4 nitrogen and oxygen atoms in total. The van der Waals surface area contributed by atoms with Crippen LogP contribution < -0.4 is 5.32 Å². The van der Waals surface area contributed by atoms with E-state index in [1.54, 1.807) is 10.9 Å². The Kier molecular flexibility index (Phi) is 5.89. The van der Waals surface area contributed by atoms with Gasteiger partial charge in [-0.25, -0.2) is 4.68 Å². The summed E-state index contributed by atoms with van der Waals surface area (Å²) in [5.74, 6) is -0.0759. The Morgan fingerprint density at radius 3 is 2.54 bits per heavy atom. The second-order valence-electron chi connectivity index (χ2n) is 6.43. The standard InChI is InChI=1S/C21H22BrN3O/c1-15(8-9-17-10-12-18(22)13-11-17)24-21(26)20-14-23-25(16(20)2)19-6-4-3-5-7-19/h3-7,10-15H,8-9H2,1-2H3,(H,24,26). The molecule has 1 atom stereocenters. The molecule has 0 saturated carbocycles. The van der Waals surface area contributed by atoms with Crippen LogP contribution in [0.2, 0.25) is 0 Å². The molecule has 0 radical (unpaired) electrons. The van der Waals surface area contributed by atoms with Gasteiger partial charge in [0.25, 0.3) is 5.91 Å². The Morgan fingerprint density at radius 1 is 1.15 bits per heavy atom. The first-order valence-electron chi connectivity index (χ1n) is 8.70. The molecular formula is C21H22BrN3O. The van der Waals surface area contributed by atoms with Crippen molar-refractivity contribution >= 4 is 21.8 Å². The van der Waals surface area contributed by atoms with Gasteiger partial charge >= 0.3 is 0 Å². The number of halogens is 1. The first-order chi connectivity index (χ1) is 12.5. The largest absolute Gasteiger partial charge is 0.349 e. The van der Waals surface area contributed by atoms with Crippen LogP contribution in [0.15, 0.2) is 65.3 Å². The molecule has 26 heavy (non-hydrogen) atoms. The highest BCUT2D eigenvalue weighted by atomic mass is 79.9. The van der Waals surface area contributed by atoms with Gasteiger partial charge in [0, 0.05) is 10.5 Å². The van der Waals surface area contributed by atoms with Crippen LogP contribution in [0.5, 0.6) is 0 Å². The summed E-state index contributed by atoms with van der Waals surface area (Å²) in [6.45, 7) is 3.95. The SMILES string of the molecule is Cc1c(C(=O)NC(C)CCc2ccc(Br)cc2)cnn1-c1ccccc1. The summed E-state index contributed by atoms with van der Waals surface area (Å²) in [6.07, 6.45) is 3.45. The number of para-hydroxylation sites is 1. The van der Waals surface area contributed by atoms with Crippen LogP contribution in [0, 0.1) is 6.92 Å². The van der Waals surface area contributed by atoms with E-state index >= 15 is 0 Å². The maximum absolute atomic E-state index is 12.6. The summed E-state index contributed by atoms with van der Waals surface area (Å²) in [7, 11) is 0. The molecule has 1 N–H and O–H groups in total. The van der Waals surface area contributed by atoms with Crippen LogP contribution in [-0.2, 0) is 6.42 Å². The Morgan fingerprint density at radius 2 is 1.85 bits per heavy atom. The summed E-state index contributed by atoms with van der Waals surface area (Å²) in [5.41, 5.74) is 3.67. The smallest absolute Gasteiger partial charge is 0.254 e. The van der Waals surface area contributed by atoms with E-state index in [1.165, 1.54) is 5.56 Å². The van der Waals surface area contributed by atoms with Crippen LogP contribution in [-0.4, -0.2) is 21.7 Å². The number of nitrogens with one attached hydrogen (secondary N) is 1. The van der Waals surface area contributed by atoms with Crippen molar-refractivity contribution in [2.45, 2.75) is 32.7 Å². The molecule has 0 aliphatic carbocycles. The summed E-state index contributed by atoms with van der Waals surface area (Å²) < 4.78 is 2.87. The third-order valence-electron chi connectivity index (χ3n) is 4.41. The Bertz CT molecular complexity index is 872. The zero-order valence-corrected chi connectivity index (χ0v) is 16.5. The van der Waals surface area contributed by atoms with Crippen LogP contribution in [0.3, 0.4) is 0 Å². The van der Waals surface area contributed by atoms with E-state index in [9.17, 15) is 4.79 Å². The highest BCUT2D eigenvalue weighted by molar-refractivity contribution is 9.10. The lowest BCUT2D eigenvalue weighted by Crippen LogP contribution is -2.33. The van der Waals surface area contributed by atoms with Crippen molar-refractivity contribution in [1.29, 1.82) is 0 Å². The predicted octanol–water partition coefficient (Wildman–Crippen LogP) is 4.69. The van der Waals surface area contributed by atoms with Gasteiger partial charge in [-0.05, 0) is 56.5 Å². The van der Waals surface area contributed by atoms with Crippen molar-refractivity contribution in [2.24, 2.45) is 0 Å². The highest BCUT2D eigenvalue weighted by Crippen LogP contribution is 2.15. The Hall–Kier alpha value is -2.40. The number of hydrogen-bond acceptors (Lipinski definition) is 2. The topological polar surface area (TPSA) is 46.9 Å². The number of benzene rings is 2.